The quantitative estimate of drug-likeness (QED) is 0.846. The molecule has 0 saturated carbocycles. The van der Waals surface area contributed by atoms with Gasteiger partial charge in [-0.25, -0.2) is 9.42 Å². The number of aromatic nitrogens is 2. The first-order valence-corrected chi connectivity index (χ1v) is 7.54. The molecule has 126 valence electrons. The second-order valence-corrected chi connectivity index (χ2v) is 5.58. The number of anilines is 2. The first kappa shape index (κ1) is 15.8. The van der Waals surface area contributed by atoms with Crippen LogP contribution in [0.15, 0.2) is 28.9 Å². The lowest BCUT2D eigenvalue weighted by Gasteiger charge is -2.34. The van der Waals surface area contributed by atoms with Crippen LogP contribution in [0.4, 0.5) is 16.3 Å². The largest absolute Gasteiger partial charge is 0.379 e. The SMILES string of the molecule is Cc1cccc(NC(=O)N2CCN(C(=O)c3nonc3N)CC2)c1. The number of piperazine rings is 1. The lowest BCUT2D eigenvalue weighted by molar-refractivity contribution is 0.0661. The molecule has 9 nitrogen and oxygen atoms in total. The summed E-state index contributed by atoms with van der Waals surface area (Å²) in [5, 5.41) is 9.77. The fourth-order valence-corrected chi connectivity index (χ4v) is 2.53. The normalized spacial score (nSPS) is 14.5. The number of aryl methyl sites for hydroxylation is 1. The smallest absolute Gasteiger partial charge is 0.321 e. The number of urea groups is 1. The van der Waals surface area contributed by atoms with Crippen LogP contribution in [0.25, 0.3) is 0 Å². The minimum absolute atomic E-state index is 0.00709. The minimum atomic E-state index is -0.340. The fourth-order valence-electron chi connectivity index (χ4n) is 2.53. The predicted octanol–water partition coefficient (Wildman–Crippen LogP) is 0.950. The van der Waals surface area contributed by atoms with Crippen molar-refractivity contribution in [3.05, 3.63) is 35.5 Å². The molecule has 1 aliphatic heterocycles. The van der Waals surface area contributed by atoms with E-state index in [1.807, 2.05) is 31.2 Å². The fraction of sp³-hybridized carbons (Fsp3) is 0.333. The first-order chi connectivity index (χ1) is 11.5. The molecule has 0 unspecified atom stereocenters. The van der Waals surface area contributed by atoms with Crippen molar-refractivity contribution in [1.29, 1.82) is 0 Å². The molecule has 0 aliphatic carbocycles. The average Bonchev–Trinajstić information content (AvgIpc) is 3.00. The van der Waals surface area contributed by atoms with E-state index in [4.69, 9.17) is 5.73 Å². The molecular weight excluding hydrogens is 312 g/mol. The van der Waals surface area contributed by atoms with Gasteiger partial charge in [-0.05, 0) is 34.9 Å². The van der Waals surface area contributed by atoms with Gasteiger partial charge >= 0.3 is 6.03 Å². The number of hydrogen-bond acceptors (Lipinski definition) is 6. The summed E-state index contributed by atoms with van der Waals surface area (Å²) < 4.78 is 4.45. The number of hydrogen-bond donors (Lipinski definition) is 2. The van der Waals surface area contributed by atoms with Crippen LogP contribution in [-0.2, 0) is 0 Å². The molecule has 3 N–H and O–H groups in total. The van der Waals surface area contributed by atoms with Crippen molar-refractivity contribution in [3.8, 4) is 0 Å². The molecule has 0 spiro atoms. The van der Waals surface area contributed by atoms with Crippen LogP contribution in [0.1, 0.15) is 16.1 Å². The molecule has 2 aromatic rings. The molecule has 3 amide bonds. The molecular formula is C15H18N6O3. The maximum atomic E-state index is 12.3. The summed E-state index contributed by atoms with van der Waals surface area (Å²) in [5.74, 6) is -0.368. The Kier molecular flexibility index (Phi) is 4.32. The summed E-state index contributed by atoms with van der Waals surface area (Å²) in [6.07, 6.45) is 0. The second kappa shape index (κ2) is 6.57. The van der Waals surface area contributed by atoms with Crippen molar-refractivity contribution in [2.75, 3.05) is 37.2 Å². The molecule has 0 bridgehead atoms. The number of nitrogens with one attached hydrogen (secondary N) is 1. The van der Waals surface area contributed by atoms with Crippen molar-refractivity contribution in [1.82, 2.24) is 20.1 Å². The zero-order valence-corrected chi connectivity index (χ0v) is 13.2. The van der Waals surface area contributed by atoms with Crippen molar-refractivity contribution in [2.24, 2.45) is 0 Å². The number of amides is 3. The van der Waals surface area contributed by atoms with Crippen LogP contribution in [0.2, 0.25) is 0 Å². The summed E-state index contributed by atoms with van der Waals surface area (Å²) in [4.78, 5) is 27.8. The molecule has 24 heavy (non-hydrogen) atoms. The van der Waals surface area contributed by atoms with Gasteiger partial charge in [0.05, 0.1) is 0 Å². The van der Waals surface area contributed by atoms with Crippen LogP contribution in [-0.4, -0.2) is 58.2 Å². The van der Waals surface area contributed by atoms with Gasteiger partial charge in [-0.2, -0.15) is 0 Å². The lowest BCUT2D eigenvalue weighted by atomic mass is 10.2. The van der Waals surface area contributed by atoms with Crippen LogP contribution < -0.4 is 11.1 Å². The number of nitrogens with two attached hydrogens (primary N) is 1. The van der Waals surface area contributed by atoms with Crippen LogP contribution in [0.3, 0.4) is 0 Å². The Hall–Kier alpha value is -3.10. The summed E-state index contributed by atoms with van der Waals surface area (Å²) in [6.45, 7) is 3.60. The molecule has 9 heteroatoms. The van der Waals surface area contributed by atoms with Gasteiger partial charge in [0.25, 0.3) is 5.91 Å². The lowest BCUT2D eigenvalue weighted by Crippen LogP contribution is -2.51. The van der Waals surface area contributed by atoms with Gasteiger partial charge in [-0.3, -0.25) is 4.79 Å². The number of rotatable bonds is 2. The van der Waals surface area contributed by atoms with Gasteiger partial charge < -0.3 is 20.9 Å². The van der Waals surface area contributed by atoms with E-state index in [9.17, 15) is 9.59 Å². The summed E-state index contributed by atoms with van der Waals surface area (Å²) >= 11 is 0. The Labute approximate surface area is 138 Å². The summed E-state index contributed by atoms with van der Waals surface area (Å²) in [7, 11) is 0. The molecule has 2 heterocycles. The van der Waals surface area contributed by atoms with Gasteiger partial charge in [0.1, 0.15) is 0 Å². The highest BCUT2D eigenvalue weighted by molar-refractivity contribution is 5.96. The van der Waals surface area contributed by atoms with Gasteiger partial charge in [0, 0.05) is 31.9 Å². The van der Waals surface area contributed by atoms with Crippen LogP contribution in [0, 0.1) is 6.92 Å². The highest BCUT2D eigenvalue weighted by Crippen LogP contribution is 2.14. The van der Waals surface area contributed by atoms with E-state index in [1.165, 1.54) is 0 Å². The van der Waals surface area contributed by atoms with E-state index < -0.39 is 0 Å². The van der Waals surface area contributed by atoms with Gasteiger partial charge in [-0.15, -0.1) is 0 Å². The Morgan fingerprint density at radius 3 is 2.50 bits per heavy atom. The van der Waals surface area contributed by atoms with E-state index in [0.717, 1.165) is 11.3 Å². The average molecular weight is 330 g/mol. The maximum absolute atomic E-state index is 12.3. The molecule has 1 aromatic heterocycles. The van der Waals surface area contributed by atoms with Crippen molar-refractivity contribution < 1.29 is 14.2 Å². The van der Waals surface area contributed by atoms with E-state index in [-0.39, 0.29) is 23.5 Å². The number of nitrogens with zero attached hydrogens (tertiary/aromatic N) is 4. The van der Waals surface area contributed by atoms with Crippen molar-refractivity contribution >= 4 is 23.4 Å². The summed E-state index contributed by atoms with van der Waals surface area (Å²) in [6, 6.07) is 7.40. The van der Waals surface area contributed by atoms with E-state index in [2.05, 4.69) is 20.3 Å². The first-order valence-electron chi connectivity index (χ1n) is 7.54. The Morgan fingerprint density at radius 2 is 1.88 bits per heavy atom. The predicted molar refractivity (Wildman–Crippen MR) is 86.4 cm³/mol. The highest BCUT2D eigenvalue weighted by atomic mass is 16.6. The molecule has 1 aliphatic rings. The number of nitrogen functional groups attached to an aromatic ring is 1. The molecule has 1 aromatic carbocycles. The van der Waals surface area contributed by atoms with Gasteiger partial charge in [-0.1, -0.05) is 12.1 Å². The number of carbonyl (C=O) groups excluding carboxylic acids is 2. The van der Waals surface area contributed by atoms with E-state index >= 15 is 0 Å². The van der Waals surface area contributed by atoms with E-state index in [1.54, 1.807) is 9.80 Å². The zero-order valence-electron chi connectivity index (χ0n) is 13.2. The zero-order chi connectivity index (χ0) is 17.1. The Morgan fingerprint density at radius 1 is 1.17 bits per heavy atom. The third kappa shape index (κ3) is 3.29. The van der Waals surface area contributed by atoms with Crippen LogP contribution >= 0.6 is 0 Å². The molecule has 0 radical (unpaired) electrons. The van der Waals surface area contributed by atoms with Crippen LogP contribution in [0.5, 0.6) is 0 Å². The van der Waals surface area contributed by atoms with Gasteiger partial charge in [0.15, 0.2) is 0 Å². The third-order valence-electron chi connectivity index (χ3n) is 3.84. The minimum Gasteiger partial charge on any atom is -0.379 e. The van der Waals surface area contributed by atoms with Crippen molar-refractivity contribution in [3.63, 3.8) is 0 Å². The third-order valence-corrected chi connectivity index (χ3v) is 3.84. The standard InChI is InChI=1S/C15H18N6O3/c1-10-3-2-4-11(9-10)17-15(23)21-7-5-20(6-8-21)14(22)12-13(16)19-24-18-12/h2-4,9H,5-8H2,1H3,(H2,16,19)(H,17,23). The molecule has 1 saturated heterocycles. The molecule has 1 fully saturated rings. The topological polar surface area (TPSA) is 118 Å². The highest BCUT2D eigenvalue weighted by Gasteiger charge is 2.28. The monoisotopic (exact) mass is 330 g/mol. The number of carbonyl (C=O) groups is 2. The van der Waals surface area contributed by atoms with Gasteiger partial charge in [0.2, 0.25) is 11.5 Å². The second-order valence-electron chi connectivity index (χ2n) is 5.58. The summed E-state index contributed by atoms with van der Waals surface area (Å²) in [5.41, 5.74) is 7.36. The van der Waals surface area contributed by atoms with E-state index in [0.29, 0.717) is 26.2 Å². The Balaban J connectivity index is 1.56. The maximum Gasteiger partial charge on any atom is 0.321 e. The molecule has 3 rings (SSSR count). The van der Waals surface area contributed by atoms with Crippen molar-refractivity contribution in [2.45, 2.75) is 6.92 Å². The number of benzene rings is 1. The molecule has 0 atom stereocenters. The Bertz CT molecular complexity index is 751.